The number of benzene rings is 1. The molecule has 0 bridgehead atoms. The van der Waals surface area contributed by atoms with E-state index in [0.717, 1.165) is 55.6 Å². The third-order valence-corrected chi connectivity index (χ3v) is 4.41. The van der Waals surface area contributed by atoms with Crippen molar-refractivity contribution in [3.63, 3.8) is 0 Å². The number of rotatable bonds is 2. The molecule has 0 radical (unpaired) electrons. The number of fused-ring (bicyclic) bond motifs is 1. The molecule has 0 aromatic heterocycles. The van der Waals surface area contributed by atoms with Gasteiger partial charge in [0.2, 0.25) is 11.8 Å². The molecule has 0 fully saturated rings. The van der Waals surface area contributed by atoms with E-state index in [2.05, 4.69) is 23.5 Å². The zero-order valence-corrected chi connectivity index (χ0v) is 13.0. The highest BCUT2D eigenvalue weighted by molar-refractivity contribution is 6.02. The fraction of sp³-hybridized carbons (Fsp3) is 0.444. The lowest BCUT2D eigenvalue weighted by Gasteiger charge is -2.34. The summed E-state index contributed by atoms with van der Waals surface area (Å²) in [6.45, 7) is 2.24. The second-order valence-corrected chi connectivity index (χ2v) is 6.07. The average molecular weight is 298 g/mol. The summed E-state index contributed by atoms with van der Waals surface area (Å²) in [6.07, 6.45) is 8.91. The SMILES string of the molecule is CC(=O)Nc1cccc2c1N(C(=O)C1CC=CCC1)CCC2. The summed E-state index contributed by atoms with van der Waals surface area (Å²) in [4.78, 5) is 26.3. The zero-order chi connectivity index (χ0) is 15.5. The van der Waals surface area contributed by atoms with Gasteiger partial charge in [-0.15, -0.1) is 0 Å². The Balaban J connectivity index is 1.93. The van der Waals surface area contributed by atoms with E-state index < -0.39 is 0 Å². The monoisotopic (exact) mass is 298 g/mol. The van der Waals surface area contributed by atoms with Crippen LogP contribution in [0, 0.1) is 5.92 Å². The number of carbonyl (C=O) groups is 2. The summed E-state index contributed by atoms with van der Waals surface area (Å²) in [5.41, 5.74) is 2.81. The third kappa shape index (κ3) is 2.91. The van der Waals surface area contributed by atoms with Crippen molar-refractivity contribution in [2.45, 2.75) is 39.0 Å². The summed E-state index contributed by atoms with van der Waals surface area (Å²) in [7, 11) is 0. The molecule has 116 valence electrons. The van der Waals surface area contributed by atoms with Crippen LogP contribution in [0.1, 0.15) is 38.2 Å². The maximum atomic E-state index is 12.9. The quantitative estimate of drug-likeness (QED) is 0.852. The number of amides is 2. The van der Waals surface area contributed by atoms with Crippen LogP contribution in [0.5, 0.6) is 0 Å². The van der Waals surface area contributed by atoms with E-state index in [4.69, 9.17) is 0 Å². The van der Waals surface area contributed by atoms with E-state index in [1.54, 1.807) is 0 Å². The zero-order valence-electron chi connectivity index (χ0n) is 13.0. The summed E-state index contributed by atoms with van der Waals surface area (Å²) in [6, 6.07) is 5.88. The van der Waals surface area contributed by atoms with Gasteiger partial charge < -0.3 is 10.2 Å². The number of hydrogen-bond donors (Lipinski definition) is 1. The van der Waals surface area contributed by atoms with E-state index in [9.17, 15) is 9.59 Å². The van der Waals surface area contributed by atoms with Crippen LogP contribution in [-0.4, -0.2) is 18.4 Å². The molecule has 0 saturated carbocycles. The number of carbonyl (C=O) groups excluding carboxylic acids is 2. The number of nitrogens with one attached hydrogen (secondary N) is 1. The van der Waals surface area contributed by atoms with Gasteiger partial charge in [0.05, 0.1) is 11.4 Å². The minimum Gasteiger partial charge on any atom is -0.325 e. The van der Waals surface area contributed by atoms with Gasteiger partial charge in [0.1, 0.15) is 0 Å². The fourth-order valence-electron chi connectivity index (χ4n) is 3.40. The summed E-state index contributed by atoms with van der Waals surface area (Å²) in [5.74, 6) is 0.163. The molecule has 1 aliphatic heterocycles. The Kier molecular flexibility index (Phi) is 4.27. The lowest BCUT2D eigenvalue weighted by Crippen LogP contribution is -2.40. The first kappa shape index (κ1) is 14.8. The van der Waals surface area contributed by atoms with Gasteiger partial charge in [0, 0.05) is 19.4 Å². The van der Waals surface area contributed by atoms with Crippen LogP contribution in [0.25, 0.3) is 0 Å². The van der Waals surface area contributed by atoms with Crippen molar-refractivity contribution in [2.24, 2.45) is 5.92 Å². The highest BCUT2D eigenvalue weighted by atomic mass is 16.2. The van der Waals surface area contributed by atoms with E-state index in [1.165, 1.54) is 6.92 Å². The molecule has 1 unspecified atom stereocenters. The summed E-state index contributed by atoms with van der Waals surface area (Å²) < 4.78 is 0. The van der Waals surface area contributed by atoms with Gasteiger partial charge in [0.15, 0.2) is 0 Å². The van der Waals surface area contributed by atoms with Crippen LogP contribution in [0.2, 0.25) is 0 Å². The van der Waals surface area contributed by atoms with E-state index >= 15 is 0 Å². The normalized spacial score (nSPS) is 20.4. The summed E-state index contributed by atoms with van der Waals surface area (Å²) in [5, 5.41) is 2.87. The van der Waals surface area contributed by atoms with Gasteiger partial charge in [-0.3, -0.25) is 9.59 Å². The molecule has 0 saturated heterocycles. The third-order valence-electron chi connectivity index (χ3n) is 4.41. The lowest BCUT2D eigenvalue weighted by molar-refractivity contribution is -0.122. The van der Waals surface area contributed by atoms with Gasteiger partial charge in [-0.05, 0) is 43.7 Å². The molecule has 1 aromatic carbocycles. The van der Waals surface area contributed by atoms with Crippen LogP contribution in [0.15, 0.2) is 30.4 Å². The maximum Gasteiger partial charge on any atom is 0.230 e. The van der Waals surface area contributed by atoms with Crippen molar-refractivity contribution in [1.82, 2.24) is 0 Å². The molecule has 4 heteroatoms. The van der Waals surface area contributed by atoms with E-state index in [-0.39, 0.29) is 17.7 Å². The number of anilines is 2. The van der Waals surface area contributed by atoms with Crippen molar-refractivity contribution in [3.05, 3.63) is 35.9 Å². The number of hydrogen-bond acceptors (Lipinski definition) is 2. The predicted molar refractivity (Wildman–Crippen MR) is 87.9 cm³/mol. The molecular weight excluding hydrogens is 276 g/mol. The maximum absolute atomic E-state index is 12.9. The topological polar surface area (TPSA) is 49.4 Å². The Morgan fingerprint density at radius 2 is 2.14 bits per heavy atom. The minimum absolute atomic E-state index is 0.0707. The fourth-order valence-corrected chi connectivity index (χ4v) is 3.40. The molecule has 0 spiro atoms. The first-order valence-corrected chi connectivity index (χ1v) is 8.02. The Labute approximate surface area is 131 Å². The molecule has 1 aromatic rings. The minimum atomic E-state index is -0.105. The lowest BCUT2D eigenvalue weighted by atomic mass is 9.91. The van der Waals surface area contributed by atoms with Gasteiger partial charge in [-0.1, -0.05) is 24.3 Å². The molecule has 2 amide bonds. The van der Waals surface area contributed by atoms with E-state index in [1.807, 2.05) is 17.0 Å². The molecule has 2 aliphatic rings. The van der Waals surface area contributed by atoms with Crippen LogP contribution >= 0.6 is 0 Å². The van der Waals surface area contributed by atoms with Crippen molar-refractivity contribution < 1.29 is 9.59 Å². The largest absolute Gasteiger partial charge is 0.325 e. The van der Waals surface area contributed by atoms with Gasteiger partial charge in [-0.2, -0.15) is 0 Å². The van der Waals surface area contributed by atoms with Crippen LogP contribution in [-0.2, 0) is 16.0 Å². The molecular formula is C18H22N2O2. The number of para-hydroxylation sites is 1. The molecule has 3 rings (SSSR count). The Hall–Kier alpha value is -2.10. The van der Waals surface area contributed by atoms with Gasteiger partial charge in [-0.25, -0.2) is 0 Å². The van der Waals surface area contributed by atoms with Crippen LogP contribution in [0.4, 0.5) is 11.4 Å². The Bertz CT molecular complexity index is 622. The van der Waals surface area contributed by atoms with Crippen LogP contribution in [0.3, 0.4) is 0 Å². The van der Waals surface area contributed by atoms with Crippen molar-refractivity contribution in [2.75, 3.05) is 16.8 Å². The molecule has 1 atom stereocenters. The summed E-state index contributed by atoms with van der Waals surface area (Å²) >= 11 is 0. The van der Waals surface area contributed by atoms with Crippen molar-refractivity contribution in [3.8, 4) is 0 Å². The molecule has 22 heavy (non-hydrogen) atoms. The van der Waals surface area contributed by atoms with E-state index in [0.29, 0.717) is 0 Å². The second-order valence-electron chi connectivity index (χ2n) is 6.07. The highest BCUT2D eigenvalue weighted by Crippen LogP contribution is 2.36. The highest BCUT2D eigenvalue weighted by Gasteiger charge is 2.30. The van der Waals surface area contributed by atoms with Crippen LogP contribution < -0.4 is 10.2 Å². The molecule has 1 N–H and O–H groups in total. The Morgan fingerprint density at radius 1 is 1.27 bits per heavy atom. The number of allylic oxidation sites excluding steroid dienone is 2. The first-order chi connectivity index (χ1) is 10.7. The second kappa shape index (κ2) is 6.34. The predicted octanol–water partition coefficient (Wildman–Crippen LogP) is 3.28. The number of aryl methyl sites for hydroxylation is 1. The van der Waals surface area contributed by atoms with Crippen molar-refractivity contribution in [1.29, 1.82) is 0 Å². The molecule has 1 aliphatic carbocycles. The number of nitrogens with zero attached hydrogens (tertiary/aromatic N) is 1. The van der Waals surface area contributed by atoms with Gasteiger partial charge >= 0.3 is 0 Å². The molecule has 1 heterocycles. The molecule has 4 nitrogen and oxygen atoms in total. The van der Waals surface area contributed by atoms with Crippen molar-refractivity contribution >= 4 is 23.2 Å². The first-order valence-electron chi connectivity index (χ1n) is 8.02. The standard InChI is InChI=1S/C18H22N2O2/c1-13(21)19-16-11-5-9-14-10-6-12-20(17(14)16)18(22)15-7-3-2-4-8-15/h2-3,5,9,11,15H,4,6-8,10,12H2,1H3,(H,19,21). The Morgan fingerprint density at radius 3 is 2.86 bits per heavy atom. The van der Waals surface area contributed by atoms with Gasteiger partial charge in [0.25, 0.3) is 0 Å². The average Bonchev–Trinajstić information content (AvgIpc) is 2.54. The smallest absolute Gasteiger partial charge is 0.230 e.